The van der Waals surface area contributed by atoms with Crippen LogP contribution in [0.3, 0.4) is 0 Å². The number of nitrogens with zero attached hydrogens (tertiary/aromatic N) is 1. The van der Waals surface area contributed by atoms with Crippen molar-refractivity contribution in [3.05, 3.63) is 34.3 Å². The van der Waals surface area contributed by atoms with Gasteiger partial charge in [-0.1, -0.05) is 28.1 Å². The number of primary amides is 1. The number of amides is 2. The van der Waals surface area contributed by atoms with Gasteiger partial charge in [0, 0.05) is 11.0 Å². The molecule has 0 fully saturated rings. The van der Waals surface area contributed by atoms with Gasteiger partial charge in [-0.15, -0.1) is 0 Å². The van der Waals surface area contributed by atoms with Crippen molar-refractivity contribution in [2.45, 2.75) is 18.7 Å². The minimum Gasteiger partial charge on any atom is -0.368 e. The second kappa shape index (κ2) is 7.55. The average Bonchev–Trinajstić information content (AvgIpc) is 2.38. The number of halogens is 1. The van der Waals surface area contributed by atoms with Crippen LogP contribution in [-0.2, 0) is 16.1 Å². The topological polar surface area (TPSA) is 63.4 Å². The Labute approximate surface area is 125 Å². The highest BCUT2D eigenvalue weighted by molar-refractivity contribution is 9.10. The molecule has 19 heavy (non-hydrogen) atoms. The van der Waals surface area contributed by atoms with Crippen LogP contribution in [-0.4, -0.2) is 34.8 Å². The normalized spacial score (nSPS) is 11.9. The number of hydrogen-bond donors (Lipinski definition) is 1. The average molecular weight is 345 g/mol. The van der Waals surface area contributed by atoms with Crippen LogP contribution in [0.1, 0.15) is 12.5 Å². The molecule has 0 heterocycles. The van der Waals surface area contributed by atoms with E-state index in [1.165, 1.54) is 16.7 Å². The maximum atomic E-state index is 12.2. The molecular weight excluding hydrogens is 328 g/mol. The zero-order chi connectivity index (χ0) is 14.4. The summed E-state index contributed by atoms with van der Waals surface area (Å²) in [6.45, 7) is 2.16. The SMILES string of the molecule is CS[C@H](C)C(=O)N(CC(N)=O)Cc1ccc(Br)cc1. The Bertz CT molecular complexity index is 450. The van der Waals surface area contributed by atoms with Crippen LogP contribution in [0.25, 0.3) is 0 Å². The van der Waals surface area contributed by atoms with Gasteiger partial charge in [0.05, 0.1) is 11.8 Å². The fourth-order valence-electron chi connectivity index (χ4n) is 1.57. The highest BCUT2D eigenvalue weighted by atomic mass is 79.9. The Hall–Kier alpha value is -1.01. The summed E-state index contributed by atoms with van der Waals surface area (Å²) in [5.41, 5.74) is 6.17. The second-order valence-electron chi connectivity index (χ2n) is 4.17. The molecule has 2 N–H and O–H groups in total. The van der Waals surface area contributed by atoms with E-state index >= 15 is 0 Å². The summed E-state index contributed by atoms with van der Waals surface area (Å²) < 4.78 is 0.974. The summed E-state index contributed by atoms with van der Waals surface area (Å²) in [5, 5.41) is -0.185. The van der Waals surface area contributed by atoms with Crippen molar-refractivity contribution in [3.8, 4) is 0 Å². The molecule has 0 spiro atoms. The van der Waals surface area contributed by atoms with E-state index in [1.54, 1.807) is 0 Å². The third-order valence-corrected chi connectivity index (χ3v) is 4.08. The van der Waals surface area contributed by atoms with E-state index in [4.69, 9.17) is 5.73 Å². The van der Waals surface area contributed by atoms with Crippen molar-refractivity contribution in [3.63, 3.8) is 0 Å². The first-order valence-corrected chi connectivity index (χ1v) is 7.86. The summed E-state index contributed by atoms with van der Waals surface area (Å²) in [5.74, 6) is -0.576. The Kier molecular flexibility index (Phi) is 6.37. The van der Waals surface area contributed by atoms with Gasteiger partial charge in [-0.3, -0.25) is 9.59 Å². The van der Waals surface area contributed by atoms with Crippen LogP contribution >= 0.6 is 27.7 Å². The third-order valence-electron chi connectivity index (χ3n) is 2.65. The Morgan fingerprint density at radius 3 is 2.42 bits per heavy atom. The van der Waals surface area contributed by atoms with Crippen molar-refractivity contribution in [2.24, 2.45) is 5.73 Å². The van der Waals surface area contributed by atoms with Gasteiger partial charge in [0.1, 0.15) is 0 Å². The smallest absolute Gasteiger partial charge is 0.237 e. The van der Waals surface area contributed by atoms with E-state index < -0.39 is 5.91 Å². The second-order valence-corrected chi connectivity index (χ2v) is 6.26. The number of rotatable bonds is 6. The molecule has 104 valence electrons. The van der Waals surface area contributed by atoms with Gasteiger partial charge in [0.2, 0.25) is 11.8 Å². The van der Waals surface area contributed by atoms with Crippen molar-refractivity contribution < 1.29 is 9.59 Å². The summed E-state index contributed by atoms with van der Waals surface area (Å²) in [4.78, 5) is 24.7. The molecule has 1 aromatic carbocycles. The quantitative estimate of drug-likeness (QED) is 0.858. The molecule has 1 rings (SSSR count). The first-order valence-electron chi connectivity index (χ1n) is 5.78. The molecule has 4 nitrogen and oxygen atoms in total. The molecule has 0 saturated carbocycles. The summed E-state index contributed by atoms with van der Waals surface area (Å²) in [7, 11) is 0. The van der Waals surface area contributed by atoms with Gasteiger partial charge >= 0.3 is 0 Å². The van der Waals surface area contributed by atoms with Crippen LogP contribution in [0, 0.1) is 0 Å². The summed E-state index contributed by atoms with van der Waals surface area (Å²) >= 11 is 4.81. The molecular formula is C13H17BrN2O2S. The van der Waals surface area contributed by atoms with Crippen molar-refractivity contribution >= 4 is 39.5 Å². The van der Waals surface area contributed by atoms with Gasteiger partial charge in [-0.2, -0.15) is 11.8 Å². The molecule has 0 saturated heterocycles. The number of nitrogens with two attached hydrogens (primary N) is 1. The zero-order valence-electron chi connectivity index (χ0n) is 10.9. The highest BCUT2D eigenvalue weighted by Gasteiger charge is 2.21. The van der Waals surface area contributed by atoms with Crippen LogP contribution in [0.2, 0.25) is 0 Å². The van der Waals surface area contributed by atoms with Crippen molar-refractivity contribution in [1.29, 1.82) is 0 Å². The fourth-order valence-corrected chi connectivity index (χ4v) is 2.18. The van der Waals surface area contributed by atoms with Crippen LogP contribution in [0.4, 0.5) is 0 Å². The third kappa shape index (κ3) is 5.24. The molecule has 0 aliphatic carbocycles. The van der Waals surface area contributed by atoms with E-state index in [-0.39, 0.29) is 17.7 Å². The highest BCUT2D eigenvalue weighted by Crippen LogP contribution is 2.15. The predicted octanol–water partition coefficient (Wildman–Crippen LogP) is 2.01. The van der Waals surface area contributed by atoms with Gasteiger partial charge in [-0.25, -0.2) is 0 Å². The number of carbonyl (C=O) groups is 2. The molecule has 1 atom stereocenters. The van der Waals surface area contributed by atoms with E-state index in [2.05, 4.69) is 15.9 Å². The predicted molar refractivity (Wildman–Crippen MR) is 81.7 cm³/mol. The number of carbonyl (C=O) groups excluding carboxylic acids is 2. The van der Waals surface area contributed by atoms with E-state index in [0.717, 1.165) is 10.0 Å². The molecule has 2 amide bonds. The molecule has 0 unspecified atom stereocenters. The fraction of sp³-hybridized carbons (Fsp3) is 0.385. The zero-order valence-corrected chi connectivity index (χ0v) is 13.3. The molecule has 0 bridgehead atoms. The molecule has 0 aromatic heterocycles. The van der Waals surface area contributed by atoms with Crippen molar-refractivity contribution in [2.75, 3.05) is 12.8 Å². The molecule has 0 radical (unpaired) electrons. The van der Waals surface area contributed by atoms with Gasteiger partial charge < -0.3 is 10.6 Å². The maximum absolute atomic E-state index is 12.2. The molecule has 0 aliphatic rings. The lowest BCUT2D eigenvalue weighted by Crippen LogP contribution is -2.41. The standard InChI is InChI=1S/C13H17BrN2O2S/c1-9(19-2)13(18)16(8-12(15)17)7-10-3-5-11(14)6-4-10/h3-6,9H,7-8H2,1-2H3,(H2,15,17)/t9-/m1/s1. The van der Waals surface area contributed by atoms with Crippen LogP contribution in [0.5, 0.6) is 0 Å². The van der Waals surface area contributed by atoms with E-state index in [1.807, 2.05) is 37.4 Å². The number of hydrogen-bond acceptors (Lipinski definition) is 3. The first-order chi connectivity index (χ1) is 8.93. The summed E-state index contributed by atoms with van der Waals surface area (Å²) in [6, 6.07) is 7.63. The first kappa shape index (κ1) is 16.0. The number of thioether (sulfide) groups is 1. The van der Waals surface area contributed by atoms with Gasteiger partial charge in [0.15, 0.2) is 0 Å². The minimum absolute atomic E-state index is 0.0558. The molecule has 0 aliphatic heterocycles. The monoisotopic (exact) mass is 344 g/mol. The van der Waals surface area contributed by atoms with Gasteiger partial charge in [-0.05, 0) is 30.9 Å². The largest absolute Gasteiger partial charge is 0.368 e. The van der Waals surface area contributed by atoms with Gasteiger partial charge in [0.25, 0.3) is 0 Å². The van der Waals surface area contributed by atoms with E-state index in [0.29, 0.717) is 6.54 Å². The summed E-state index contributed by atoms with van der Waals surface area (Å²) in [6.07, 6.45) is 1.87. The molecule has 6 heteroatoms. The molecule has 1 aromatic rings. The minimum atomic E-state index is -0.501. The van der Waals surface area contributed by atoms with Crippen molar-refractivity contribution in [1.82, 2.24) is 4.90 Å². The maximum Gasteiger partial charge on any atom is 0.237 e. The lowest BCUT2D eigenvalue weighted by atomic mass is 10.2. The van der Waals surface area contributed by atoms with Crippen LogP contribution < -0.4 is 5.73 Å². The Morgan fingerprint density at radius 2 is 1.95 bits per heavy atom. The Morgan fingerprint density at radius 1 is 1.37 bits per heavy atom. The van der Waals surface area contributed by atoms with E-state index in [9.17, 15) is 9.59 Å². The number of benzene rings is 1. The Balaban J connectivity index is 2.82. The lowest BCUT2D eigenvalue weighted by molar-refractivity contribution is -0.135. The lowest BCUT2D eigenvalue weighted by Gasteiger charge is -2.24. The van der Waals surface area contributed by atoms with Crippen LogP contribution in [0.15, 0.2) is 28.7 Å².